The van der Waals surface area contributed by atoms with Gasteiger partial charge in [-0.15, -0.1) is 0 Å². The van der Waals surface area contributed by atoms with Crippen LogP contribution in [-0.2, 0) is 9.53 Å². The minimum absolute atomic E-state index is 0.104. The molecular weight excluding hydrogens is 252 g/mol. The number of nitrogens with zero attached hydrogens (tertiary/aromatic N) is 1. The zero-order chi connectivity index (χ0) is 13.9. The third-order valence-electron chi connectivity index (χ3n) is 3.67. The van der Waals surface area contributed by atoms with Crippen molar-refractivity contribution in [2.24, 2.45) is 10.9 Å². The first-order chi connectivity index (χ1) is 9.72. The average molecular weight is 270 g/mol. The maximum atomic E-state index is 12.0. The number of carbonyl (C=O) groups excluding carboxylic acids is 1. The van der Waals surface area contributed by atoms with Gasteiger partial charge in [0.1, 0.15) is 11.5 Å². The summed E-state index contributed by atoms with van der Waals surface area (Å²) in [6.45, 7) is 3.53. The molecule has 1 saturated heterocycles. The lowest BCUT2D eigenvalue weighted by molar-refractivity contribution is -0.115. The predicted molar refractivity (Wildman–Crippen MR) is 78.3 cm³/mol. The molecule has 0 saturated carbocycles. The number of nitrogens with one attached hydrogen (secondary N) is 1. The van der Waals surface area contributed by atoms with Gasteiger partial charge in [0, 0.05) is 19.1 Å². The van der Waals surface area contributed by atoms with Gasteiger partial charge < -0.3 is 10.1 Å². The Morgan fingerprint density at radius 3 is 2.90 bits per heavy atom. The molecule has 0 atom stereocenters. The zero-order valence-corrected chi connectivity index (χ0v) is 11.6. The van der Waals surface area contributed by atoms with Crippen molar-refractivity contribution in [2.45, 2.75) is 19.8 Å². The standard InChI is InChI=1S/C16H18N2O2/c1-11-3-2-4-12(9-11)10-14-16(19)18-15(17-14)13-5-7-20-8-6-13/h2-4,9-10,13H,5-8H2,1H3,(H,17,18,19)/b14-10+. The molecule has 1 aromatic rings. The van der Waals surface area contributed by atoms with Gasteiger partial charge in [-0.1, -0.05) is 29.8 Å². The molecule has 4 heteroatoms. The summed E-state index contributed by atoms with van der Waals surface area (Å²) in [4.78, 5) is 16.5. The summed E-state index contributed by atoms with van der Waals surface area (Å²) in [5.74, 6) is 1.02. The summed E-state index contributed by atoms with van der Waals surface area (Å²) >= 11 is 0. The maximum absolute atomic E-state index is 12.0. The normalized spacial score (nSPS) is 21.9. The van der Waals surface area contributed by atoms with Gasteiger partial charge in [0.05, 0.1) is 0 Å². The number of aliphatic imine (C=N–C) groups is 1. The number of benzene rings is 1. The van der Waals surface area contributed by atoms with E-state index >= 15 is 0 Å². The Hall–Kier alpha value is -1.94. The number of amides is 1. The van der Waals surface area contributed by atoms with E-state index in [9.17, 15) is 4.79 Å². The van der Waals surface area contributed by atoms with Crippen molar-refractivity contribution >= 4 is 17.8 Å². The first-order valence-corrected chi connectivity index (χ1v) is 6.98. The predicted octanol–water partition coefficient (Wildman–Crippen LogP) is 2.29. The van der Waals surface area contributed by atoms with Crippen LogP contribution in [0.4, 0.5) is 0 Å². The number of hydrogen-bond acceptors (Lipinski definition) is 3. The van der Waals surface area contributed by atoms with Gasteiger partial charge in [-0.2, -0.15) is 0 Å². The van der Waals surface area contributed by atoms with E-state index in [0.29, 0.717) is 11.6 Å². The number of hydrogen-bond donors (Lipinski definition) is 1. The van der Waals surface area contributed by atoms with Crippen molar-refractivity contribution in [2.75, 3.05) is 13.2 Å². The lowest BCUT2D eigenvalue weighted by Gasteiger charge is -2.21. The minimum atomic E-state index is -0.104. The van der Waals surface area contributed by atoms with Gasteiger partial charge >= 0.3 is 0 Å². The molecule has 3 rings (SSSR count). The van der Waals surface area contributed by atoms with Crippen LogP contribution in [0.5, 0.6) is 0 Å². The average Bonchev–Trinajstić information content (AvgIpc) is 2.81. The summed E-state index contributed by atoms with van der Waals surface area (Å²) < 4.78 is 5.34. The number of ether oxygens (including phenoxy) is 1. The molecule has 0 aliphatic carbocycles. The van der Waals surface area contributed by atoms with Crippen LogP contribution >= 0.6 is 0 Å². The van der Waals surface area contributed by atoms with E-state index in [1.54, 1.807) is 0 Å². The zero-order valence-electron chi connectivity index (χ0n) is 11.6. The van der Waals surface area contributed by atoms with E-state index < -0.39 is 0 Å². The van der Waals surface area contributed by atoms with E-state index in [1.807, 2.05) is 37.3 Å². The highest BCUT2D eigenvalue weighted by Crippen LogP contribution is 2.21. The van der Waals surface area contributed by atoms with Crippen LogP contribution in [0.2, 0.25) is 0 Å². The molecule has 2 aliphatic heterocycles. The minimum Gasteiger partial charge on any atom is -0.381 e. The molecule has 0 bridgehead atoms. The molecule has 104 valence electrons. The molecule has 4 nitrogen and oxygen atoms in total. The van der Waals surface area contributed by atoms with Gasteiger partial charge in [0.25, 0.3) is 5.91 Å². The molecule has 1 amide bonds. The Bertz CT molecular complexity index is 584. The second-order valence-corrected chi connectivity index (χ2v) is 5.28. The highest BCUT2D eigenvalue weighted by atomic mass is 16.5. The number of aryl methyl sites for hydroxylation is 1. The lowest BCUT2D eigenvalue weighted by atomic mass is 9.99. The molecule has 1 aromatic carbocycles. The monoisotopic (exact) mass is 270 g/mol. The van der Waals surface area contributed by atoms with Crippen molar-refractivity contribution in [3.63, 3.8) is 0 Å². The molecule has 0 unspecified atom stereocenters. The van der Waals surface area contributed by atoms with Crippen molar-refractivity contribution < 1.29 is 9.53 Å². The van der Waals surface area contributed by atoms with Crippen LogP contribution in [0, 0.1) is 12.8 Å². The van der Waals surface area contributed by atoms with Gasteiger partial charge in [-0.05, 0) is 31.4 Å². The fourth-order valence-corrected chi connectivity index (χ4v) is 2.57. The summed E-state index contributed by atoms with van der Waals surface area (Å²) in [6, 6.07) is 8.04. The van der Waals surface area contributed by atoms with Crippen molar-refractivity contribution in [3.8, 4) is 0 Å². The van der Waals surface area contributed by atoms with Crippen LogP contribution < -0.4 is 5.32 Å². The Kier molecular flexibility index (Phi) is 3.65. The van der Waals surface area contributed by atoms with Crippen LogP contribution in [0.25, 0.3) is 6.08 Å². The Balaban J connectivity index is 1.82. The maximum Gasteiger partial charge on any atom is 0.275 e. The van der Waals surface area contributed by atoms with Gasteiger partial charge in [0.2, 0.25) is 0 Å². The largest absolute Gasteiger partial charge is 0.381 e. The van der Waals surface area contributed by atoms with Crippen LogP contribution in [0.3, 0.4) is 0 Å². The fraction of sp³-hybridized carbons (Fsp3) is 0.375. The molecule has 1 fully saturated rings. The Morgan fingerprint density at radius 1 is 1.35 bits per heavy atom. The molecule has 2 heterocycles. The number of amidine groups is 1. The van der Waals surface area contributed by atoms with Gasteiger partial charge in [0.15, 0.2) is 0 Å². The van der Waals surface area contributed by atoms with E-state index in [0.717, 1.165) is 37.5 Å². The first kappa shape index (κ1) is 13.1. The third-order valence-corrected chi connectivity index (χ3v) is 3.67. The first-order valence-electron chi connectivity index (χ1n) is 6.98. The molecule has 0 spiro atoms. The van der Waals surface area contributed by atoms with E-state index in [-0.39, 0.29) is 5.91 Å². The number of rotatable bonds is 2. The van der Waals surface area contributed by atoms with Crippen LogP contribution in [-0.4, -0.2) is 25.0 Å². The van der Waals surface area contributed by atoms with Crippen molar-refractivity contribution in [1.82, 2.24) is 5.32 Å². The Labute approximate surface area is 118 Å². The summed E-state index contributed by atoms with van der Waals surface area (Å²) in [7, 11) is 0. The fourth-order valence-electron chi connectivity index (χ4n) is 2.57. The number of carbonyl (C=O) groups is 1. The summed E-state index contributed by atoms with van der Waals surface area (Å²) in [5, 5.41) is 2.90. The van der Waals surface area contributed by atoms with E-state index in [4.69, 9.17) is 4.74 Å². The summed E-state index contributed by atoms with van der Waals surface area (Å²) in [5.41, 5.74) is 2.68. The van der Waals surface area contributed by atoms with Crippen molar-refractivity contribution in [1.29, 1.82) is 0 Å². The quantitative estimate of drug-likeness (QED) is 0.838. The molecule has 0 radical (unpaired) electrons. The third kappa shape index (κ3) is 2.80. The smallest absolute Gasteiger partial charge is 0.275 e. The highest BCUT2D eigenvalue weighted by molar-refractivity contribution is 6.15. The van der Waals surface area contributed by atoms with Crippen LogP contribution in [0.1, 0.15) is 24.0 Å². The van der Waals surface area contributed by atoms with Crippen LogP contribution in [0.15, 0.2) is 35.0 Å². The van der Waals surface area contributed by atoms with E-state index in [1.165, 1.54) is 5.56 Å². The van der Waals surface area contributed by atoms with Gasteiger partial charge in [-0.25, -0.2) is 4.99 Å². The Morgan fingerprint density at radius 2 is 2.15 bits per heavy atom. The second kappa shape index (κ2) is 5.59. The molecule has 20 heavy (non-hydrogen) atoms. The SMILES string of the molecule is Cc1cccc(/C=C2/N=C(C3CCOCC3)NC2=O)c1. The van der Waals surface area contributed by atoms with E-state index in [2.05, 4.69) is 10.3 Å². The molecule has 1 N–H and O–H groups in total. The topological polar surface area (TPSA) is 50.7 Å². The molecule has 0 aromatic heterocycles. The molecular formula is C16H18N2O2. The highest BCUT2D eigenvalue weighted by Gasteiger charge is 2.27. The van der Waals surface area contributed by atoms with Crippen molar-refractivity contribution in [3.05, 3.63) is 41.1 Å². The summed E-state index contributed by atoms with van der Waals surface area (Å²) in [6.07, 6.45) is 3.70. The second-order valence-electron chi connectivity index (χ2n) is 5.28. The molecule has 2 aliphatic rings. The van der Waals surface area contributed by atoms with Gasteiger partial charge in [-0.3, -0.25) is 4.79 Å². The lowest BCUT2D eigenvalue weighted by Crippen LogP contribution is -2.33.